The lowest BCUT2D eigenvalue weighted by Gasteiger charge is -2.21. The molecule has 4 rings (SSSR count). The number of furan rings is 1. The largest absolute Gasteiger partial charge is 0.456 e. The minimum Gasteiger partial charge on any atom is -0.456 e. The number of hydrogen-bond donors (Lipinski definition) is 1. The third-order valence-corrected chi connectivity index (χ3v) is 4.67. The van der Waals surface area contributed by atoms with Crippen LogP contribution in [0.2, 0.25) is 5.02 Å². The second kappa shape index (κ2) is 4.36. The third kappa shape index (κ3) is 1.83. The van der Waals surface area contributed by atoms with Crippen LogP contribution >= 0.6 is 11.6 Å². The second-order valence-electron chi connectivity index (χ2n) is 5.79. The normalized spacial score (nSPS) is 20.9. The third-order valence-electron chi connectivity index (χ3n) is 4.37. The van der Waals surface area contributed by atoms with Crippen molar-refractivity contribution in [3.05, 3.63) is 69.9 Å². The Balaban J connectivity index is 1.93. The van der Waals surface area contributed by atoms with Gasteiger partial charge in [-0.05, 0) is 43.0 Å². The highest BCUT2D eigenvalue weighted by Crippen LogP contribution is 2.44. The smallest absolute Gasteiger partial charge is 0.153 e. The molecule has 0 spiro atoms. The fourth-order valence-corrected chi connectivity index (χ4v) is 3.45. The number of para-hydroxylation sites is 1. The SMILES string of the molecule is Cc1ccc2c(c1)C(O)(c1cc3cccc(Cl)c3o1)CC2. The topological polar surface area (TPSA) is 33.4 Å². The van der Waals surface area contributed by atoms with E-state index in [0.717, 1.165) is 22.9 Å². The van der Waals surface area contributed by atoms with Crippen LogP contribution in [0.4, 0.5) is 0 Å². The molecule has 0 fully saturated rings. The van der Waals surface area contributed by atoms with Gasteiger partial charge in [-0.1, -0.05) is 47.5 Å². The molecule has 1 unspecified atom stereocenters. The van der Waals surface area contributed by atoms with E-state index >= 15 is 0 Å². The Morgan fingerprint density at radius 1 is 1.19 bits per heavy atom. The summed E-state index contributed by atoms with van der Waals surface area (Å²) in [5.74, 6) is 0.579. The Kier molecular flexibility index (Phi) is 2.69. The lowest BCUT2D eigenvalue weighted by Crippen LogP contribution is -2.23. The minimum atomic E-state index is -1.05. The van der Waals surface area contributed by atoms with Gasteiger partial charge in [0.25, 0.3) is 0 Å². The van der Waals surface area contributed by atoms with E-state index in [1.165, 1.54) is 5.56 Å². The van der Waals surface area contributed by atoms with E-state index in [2.05, 4.69) is 18.2 Å². The summed E-state index contributed by atoms with van der Waals surface area (Å²) in [4.78, 5) is 0. The second-order valence-corrected chi connectivity index (χ2v) is 6.20. The summed E-state index contributed by atoms with van der Waals surface area (Å²) in [6.45, 7) is 2.04. The van der Waals surface area contributed by atoms with Gasteiger partial charge in [-0.3, -0.25) is 0 Å². The molecular weight excluding hydrogens is 284 g/mol. The van der Waals surface area contributed by atoms with Crippen LogP contribution in [0.15, 0.2) is 46.9 Å². The average Bonchev–Trinajstić information content (AvgIpc) is 3.04. The highest BCUT2D eigenvalue weighted by molar-refractivity contribution is 6.34. The van der Waals surface area contributed by atoms with Crippen molar-refractivity contribution in [3.8, 4) is 0 Å². The standard InChI is InChI=1S/C18H15ClO2/c1-11-5-6-12-7-8-18(20,14(12)9-11)16-10-13-3-2-4-15(19)17(13)21-16/h2-6,9-10,20H,7-8H2,1H3. The Bertz CT molecular complexity index is 850. The molecule has 3 heteroatoms. The fraction of sp³-hybridized carbons (Fsp3) is 0.222. The van der Waals surface area contributed by atoms with Crippen molar-refractivity contribution in [2.45, 2.75) is 25.4 Å². The number of aliphatic hydroxyl groups is 1. The molecule has 106 valence electrons. The molecule has 3 aromatic rings. The summed E-state index contributed by atoms with van der Waals surface area (Å²) < 4.78 is 5.90. The van der Waals surface area contributed by atoms with Gasteiger partial charge in [0.1, 0.15) is 11.4 Å². The Labute approximate surface area is 128 Å². The zero-order valence-corrected chi connectivity index (χ0v) is 12.4. The summed E-state index contributed by atoms with van der Waals surface area (Å²) >= 11 is 6.17. The quantitative estimate of drug-likeness (QED) is 0.713. The number of hydrogen-bond acceptors (Lipinski definition) is 2. The molecule has 1 aromatic heterocycles. The molecule has 2 aromatic carbocycles. The minimum absolute atomic E-state index is 0.574. The van der Waals surface area contributed by atoms with Crippen LogP contribution in [0.1, 0.15) is 28.9 Å². The molecule has 2 nitrogen and oxygen atoms in total. The van der Waals surface area contributed by atoms with Crippen LogP contribution in [-0.2, 0) is 12.0 Å². The van der Waals surface area contributed by atoms with Crippen LogP contribution in [0.3, 0.4) is 0 Å². The number of benzene rings is 2. The van der Waals surface area contributed by atoms with Crippen molar-refractivity contribution < 1.29 is 9.52 Å². The van der Waals surface area contributed by atoms with Crippen molar-refractivity contribution in [2.75, 3.05) is 0 Å². The van der Waals surface area contributed by atoms with E-state index in [-0.39, 0.29) is 0 Å². The van der Waals surface area contributed by atoms with E-state index in [1.54, 1.807) is 6.07 Å². The van der Waals surface area contributed by atoms with Crippen LogP contribution in [0.5, 0.6) is 0 Å². The first kappa shape index (κ1) is 12.9. The number of aryl methyl sites for hydroxylation is 2. The van der Waals surface area contributed by atoms with Gasteiger partial charge in [-0.2, -0.15) is 0 Å². The molecule has 0 radical (unpaired) electrons. The molecule has 0 saturated heterocycles. The van der Waals surface area contributed by atoms with Crippen LogP contribution in [0, 0.1) is 6.92 Å². The maximum atomic E-state index is 11.2. The number of halogens is 1. The molecular formula is C18H15ClO2. The fourth-order valence-electron chi connectivity index (χ4n) is 3.23. The predicted octanol–water partition coefficient (Wildman–Crippen LogP) is 4.58. The van der Waals surface area contributed by atoms with Gasteiger partial charge >= 0.3 is 0 Å². The molecule has 21 heavy (non-hydrogen) atoms. The van der Waals surface area contributed by atoms with Crippen LogP contribution in [0.25, 0.3) is 11.0 Å². The van der Waals surface area contributed by atoms with Gasteiger partial charge in [0.15, 0.2) is 5.58 Å². The molecule has 1 aliphatic rings. The van der Waals surface area contributed by atoms with E-state index in [9.17, 15) is 5.11 Å². The summed E-state index contributed by atoms with van der Waals surface area (Å²) in [6, 6.07) is 13.8. The summed E-state index contributed by atoms with van der Waals surface area (Å²) in [7, 11) is 0. The average molecular weight is 299 g/mol. The Hall–Kier alpha value is -1.77. The summed E-state index contributed by atoms with van der Waals surface area (Å²) in [5.41, 5.74) is 2.88. The van der Waals surface area contributed by atoms with Crippen molar-refractivity contribution >= 4 is 22.6 Å². The van der Waals surface area contributed by atoms with Gasteiger partial charge in [0.2, 0.25) is 0 Å². The van der Waals surface area contributed by atoms with Crippen molar-refractivity contribution in [3.63, 3.8) is 0 Å². The number of rotatable bonds is 1. The van der Waals surface area contributed by atoms with Crippen molar-refractivity contribution in [1.29, 1.82) is 0 Å². The molecule has 1 N–H and O–H groups in total. The molecule has 1 aliphatic carbocycles. The van der Waals surface area contributed by atoms with E-state index in [0.29, 0.717) is 22.8 Å². The van der Waals surface area contributed by atoms with Crippen molar-refractivity contribution in [2.24, 2.45) is 0 Å². The molecule has 0 saturated carbocycles. The zero-order valence-electron chi connectivity index (χ0n) is 11.7. The molecule has 0 aliphatic heterocycles. The molecule has 1 atom stereocenters. The van der Waals surface area contributed by atoms with Gasteiger partial charge in [-0.15, -0.1) is 0 Å². The van der Waals surface area contributed by atoms with Crippen LogP contribution < -0.4 is 0 Å². The number of fused-ring (bicyclic) bond motifs is 2. The summed E-state index contributed by atoms with van der Waals surface area (Å²) in [6.07, 6.45) is 1.50. The predicted molar refractivity (Wildman–Crippen MR) is 83.7 cm³/mol. The highest BCUT2D eigenvalue weighted by Gasteiger charge is 2.41. The zero-order chi connectivity index (χ0) is 14.6. The first-order chi connectivity index (χ1) is 10.1. The van der Waals surface area contributed by atoms with E-state index in [4.69, 9.17) is 16.0 Å². The molecule has 1 heterocycles. The maximum Gasteiger partial charge on any atom is 0.153 e. The Morgan fingerprint density at radius 3 is 2.86 bits per heavy atom. The molecule has 0 amide bonds. The molecule has 0 bridgehead atoms. The first-order valence-electron chi connectivity index (χ1n) is 7.09. The monoisotopic (exact) mass is 298 g/mol. The van der Waals surface area contributed by atoms with Gasteiger partial charge in [0, 0.05) is 5.39 Å². The van der Waals surface area contributed by atoms with Crippen LogP contribution in [-0.4, -0.2) is 5.11 Å². The maximum absolute atomic E-state index is 11.2. The summed E-state index contributed by atoms with van der Waals surface area (Å²) in [5, 5.41) is 12.7. The van der Waals surface area contributed by atoms with Gasteiger partial charge < -0.3 is 9.52 Å². The van der Waals surface area contributed by atoms with Gasteiger partial charge in [0.05, 0.1) is 5.02 Å². The lowest BCUT2D eigenvalue weighted by molar-refractivity contribution is 0.0604. The highest BCUT2D eigenvalue weighted by atomic mass is 35.5. The van der Waals surface area contributed by atoms with E-state index < -0.39 is 5.60 Å². The first-order valence-corrected chi connectivity index (χ1v) is 7.47. The van der Waals surface area contributed by atoms with Gasteiger partial charge in [-0.25, -0.2) is 0 Å². The Morgan fingerprint density at radius 2 is 2.05 bits per heavy atom. The van der Waals surface area contributed by atoms with Crippen molar-refractivity contribution in [1.82, 2.24) is 0 Å². The van der Waals surface area contributed by atoms with E-state index in [1.807, 2.05) is 25.1 Å². The lowest BCUT2D eigenvalue weighted by atomic mass is 9.92.